The summed E-state index contributed by atoms with van der Waals surface area (Å²) in [6.07, 6.45) is 3.57. The maximum Gasteiger partial charge on any atom is 0.0680 e. The van der Waals surface area contributed by atoms with Crippen molar-refractivity contribution in [3.8, 4) is 0 Å². The number of nitrogens with one attached hydrogen (secondary N) is 1. The fraction of sp³-hybridized carbons (Fsp3) is 1.00. The molecule has 0 aromatic rings. The van der Waals surface area contributed by atoms with Crippen molar-refractivity contribution in [2.75, 3.05) is 19.6 Å². The second-order valence-electron chi connectivity index (χ2n) is 5.57. The van der Waals surface area contributed by atoms with E-state index in [2.05, 4.69) is 24.1 Å². The summed E-state index contributed by atoms with van der Waals surface area (Å²) in [6.45, 7) is 7.68. The number of β-amino-alcohol motifs (C(OH)–C–C–N with tert-alkyl or cyclic N) is 1. The predicted octanol–water partition coefficient (Wildman–Crippen LogP) is 0.830. The van der Waals surface area contributed by atoms with Gasteiger partial charge in [0.25, 0.3) is 0 Å². The van der Waals surface area contributed by atoms with Crippen molar-refractivity contribution in [3.05, 3.63) is 0 Å². The number of hydrogen-bond acceptors (Lipinski definition) is 3. The molecule has 2 N–H and O–H groups in total. The Balaban J connectivity index is 1.78. The Morgan fingerprint density at radius 2 is 2.13 bits per heavy atom. The van der Waals surface area contributed by atoms with Gasteiger partial charge in [-0.15, -0.1) is 0 Å². The Hall–Kier alpha value is -0.120. The Morgan fingerprint density at radius 3 is 2.60 bits per heavy atom. The minimum absolute atomic E-state index is 0.116. The number of rotatable bonds is 5. The van der Waals surface area contributed by atoms with E-state index in [-0.39, 0.29) is 6.10 Å². The molecule has 1 saturated heterocycles. The maximum absolute atomic E-state index is 9.47. The highest BCUT2D eigenvalue weighted by molar-refractivity contribution is 4.90. The molecule has 0 aromatic carbocycles. The van der Waals surface area contributed by atoms with Gasteiger partial charge in [-0.3, -0.25) is 4.90 Å². The van der Waals surface area contributed by atoms with Gasteiger partial charge in [-0.1, -0.05) is 13.8 Å². The average Bonchev–Trinajstić information content (AvgIpc) is 2.90. The normalized spacial score (nSPS) is 31.8. The molecule has 0 radical (unpaired) electrons. The molecule has 2 aliphatic rings. The van der Waals surface area contributed by atoms with Crippen molar-refractivity contribution >= 4 is 0 Å². The van der Waals surface area contributed by atoms with Crippen LogP contribution in [0.3, 0.4) is 0 Å². The third-order valence-corrected chi connectivity index (χ3v) is 3.32. The summed E-state index contributed by atoms with van der Waals surface area (Å²) in [5.74, 6) is 0.747. The second kappa shape index (κ2) is 4.81. The van der Waals surface area contributed by atoms with E-state index >= 15 is 0 Å². The third kappa shape index (κ3) is 3.44. The molecule has 1 heterocycles. The molecule has 2 unspecified atom stereocenters. The standard InChI is InChI=1S/C12H24N2O/c1-9(2)7-14(11-3-4-11)8-10-5-12(15)6-13-10/h9-13,15H,3-8H2,1-2H3. The van der Waals surface area contributed by atoms with Crippen LogP contribution in [0.4, 0.5) is 0 Å². The monoisotopic (exact) mass is 212 g/mol. The molecule has 1 aliphatic carbocycles. The molecule has 0 bridgehead atoms. The van der Waals surface area contributed by atoms with Crippen molar-refractivity contribution in [1.29, 1.82) is 0 Å². The zero-order chi connectivity index (χ0) is 10.8. The van der Waals surface area contributed by atoms with Crippen LogP contribution in [0, 0.1) is 5.92 Å². The van der Waals surface area contributed by atoms with E-state index in [1.54, 1.807) is 0 Å². The summed E-state index contributed by atoms with van der Waals surface area (Å²) >= 11 is 0. The second-order valence-corrected chi connectivity index (χ2v) is 5.57. The quantitative estimate of drug-likeness (QED) is 0.708. The summed E-state index contributed by atoms with van der Waals surface area (Å²) in [4.78, 5) is 2.61. The minimum atomic E-state index is -0.116. The summed E-state index contributed by atoms with van der Waals surface area (Å²) in [5.41, 5.74) is 0. The van der Waals surface area contributed by atoms with E-state index in [4.69, 9.17) is 0 Å². The number of aliphatic hydroxyl groups excluding tert-OH is 1. The van der Waals surface area contributed by atoms with Gasteiger partial charge in [0.2, 0.25) is 0 Å². The van der Waals surface area contributed by atoms with Gasteiger partial charge in [-0.05, 0) is 25.2 Å². The largest absolute Gasteiger partial charge is 0.392 e. The molecule has 3 nitrogen and oxygen atoms in total. The zero-order valence-electron chi connectivity index (χ0n) is 9.95. The first-order chi connectivity index (χ1) is 7.15. The first-order valence-electron chi connectivity index (χ1n) is 6.30. The van der Waals surface area contributed by atoms with Crippen molar-refractivity contribution in [1.82, 2.24) is 10.2 Å². The Kier molecular flexibility index (Phi) is 3.65. The van der Waals surface area contributed by atoms with E-state index < -0.39 is 0 Å². The lowest BCUT2D eigenvalue weighted by Crippen LogP contribution is -2.40. The van der Waals surface area contributed by atoms with E-state index in [0.717, 1.165) is 31.5 Å². The van der Waals surface area contributed by atoms with Crippen LogP contribution in [-0.4, -0.2) is 47.8 Å². The number of hydrogen-bond donors (Lipinski definition) is 2. The van der Waals surface area contributed by atoms with Gasteiger partial charge in [0.1, 0.15) is 0 Å². The van der Waals surface area contributed by atoms with E-state index in [1.807, 2.05) is 0 Å². The van der Waals surface area contributed by atoms with E-state index in [9.17, 15) is 5.11 Å². The maximum atomic E-state index is 9.47. The van der Waals surface area contributed by atoms with Crippen molar-refractivity contribution in [2.24, 2.45) is 5.92 Å². The summed E-state index contributed by atoms with van der Waals surface area (Å²) in [7, 11) is 0. The van der Waals surface area contributed by atoms with Gasteiger partial charge < -0.3 is 10.4 Å². The van der Waals surface area contributed by atoms with Crippen molar-refractivity contribution < 1.29 is 5.11 Å². The molecule has 0 amide bonds. The molecule has 0 spiro atoms. The highest BCUT2D eigenvalue weighted by Crippen LogP contribution is 2.28. The molecule has 1 aliphatic heterocycles. The van der Waals surface area contributed by atoms with Gasteiger partial charge in [-0.2, -0.15) is 0 Å². The zero-order valence-corrected chi connectivity index (χ0v) is 9.95. The van der Waals surface area contributed by atoms with Crippen LogP contribution in [0.1, 0.15) is 33.1 Å². The van der Waals surface area contributed by atoms with Crippen molar-refractivity contribution in [2.45, 2.75) is 51.3 Å². The smallest absolute Gasteiger partial charge is 0.0680 e. The van der Waals surface area contributed by atoms with Gasteiger partial charge in [0.15, 0.2) is 0 Å². The topological polar surface area (TPSA) is 35.5 Å². The van der Waals surface area contributed by atoms with Crippen LogP contribution >= 0.6 is 0 Å². The fourth-order valence-electron chi connectivity index (χ4n) is 2.50. The van der Waals surface area contributed by atoms with Crippen LogP contribution in [0.25, 0.3) is 0 Å². The fourth-order valence-corrected chi connectivity index (χ4v) is 2.50. The molecule has 15 heavy (non-hydrogen) atoms. The van der Waals surface area contributed by atoms with E-state index in [1.165, 1.54) is 19.4 Å². The summed E-state index contributed by atoms with van der Waals surface area (Å²) in [6, 6.07) is 1.35. The van der Waals surface area contributed by atoms with Crippen LogP contribution in [0.2, 0.25) is 0 Å². The van der Waals surface area contributed by atoms with Crippen LogP contribution in [-0.2, 0) is 0 Å². The first kappa shape index (κ1) is 11.4. The minimum Gasteiger partial charge on any atom is -0.392 e. The molecule has 2 atom stereocenters. The SMILES string of the molecule is CC(C)CN(CC1CC(O)CN1)C1CC1. The molecule has 0 aromatic heterocycles. The van der Waals surface area contributed by atoms with Crippen molar-refractivity contribution in [3.63, 3.8) is 0 Å². The lowest BCUT2D eigenvalue weighted by Gasteiger charge is -2.27. The average molecular weight is 212 g/mol. The first-order valence-corrected chi connectivity index (χ1v) is 6.30. The number of aliphatic hydroxyl groups is 1. The molecule has 3 heteroatoms. The van der Waals surface area contributed by atoms with Gasteiger partial charge in [0.05, 0.1) is 6.10 Å². The molecular weight excluding hydrogens is 188 g/mol. The Morgan fingerprint density at radius 1 is 1.40 bits per heavy atom. The molecule has 88 valence electrons. The lowest BCUT2D eigenvalue weighted by atomic mass is 10.1. The summed E-state index contributed by atoms with van der Waals surface area (Å²) in [5, 5.41) is 12.9. The Bertz CT molecular complexity index is 204. The number of nitrogens with zero attached hydrogens (tertiary/aromatic N) is 1. The van der Waals surface area contributed by atoms with Crippen LogP contribution < -0.4 is 5.32 Å². The lowest BCUT2D eigenvalue weighted by molar-refractivity contribution is 0.181. The predicted molar refractivity (Wildman–Crippen MR) is 61.8 cm³/mol. The van der Waals surface area contributed by atoms with Gasteiger partial charge in [-0.25, -0.2) is 0 Å². The summed E-state index contributed by atoms with van der Waals surface area (Å²) < 4.78 is 0. The molecule has 2 fully saturated rings. The third-order valence-electron chi connectivity index (χ3n) is 3.32. The highest BCUT2D eigenvalue weighted by atomic mass is 16.3. The van der Waals surface area contributed by atoms with Crippen LogP contribution in [0.5, 0.6) is 0 Å². The highest BCUT2D eigenvalue weighted by Gasteiger charge is 2.32. The van der Waals surface area contributed by atoms with Gasteiger partial charge >= 0.3 is 0 Å². The Labute approximate surface area is 92.8 Å². The molecule has 1 saturated carbocycles. The molecule has 2 rings (SSSR count). The van der Waals surface area contributed by atoms with E-state index in [0.29, 0.717) is 6.04 Å². The van der Waals surface area contributed by atoms with Crippen LogP contribution in [0.15, 0.2) is 0 Å². The molecular formula is C12H24N2O. The van der Waals surface area contributed by atoms with Gasteiger partial charge in [0, 0.05) is 31.7 Å².